The van der Waals surface area contributed by atoms with E-state index in [1.165, 1.54) is 12.3 Å². The summed E-state index contributed by atoms with van der Waals surface area (Å²) in [5.41, 5.74) is 1.26. The minimum absolute atomic E-state index is 0.141. The topological polar surface area (TPSA) is 107 Å². The number of anilines is 1. The molecule has 0 aliphatic carbocycles. The third-order valence-electron chi connectivity index (χ3n) is 5.06. The molecule has 0 atom stereocenters. The van der Waals surface area contributed by atoms with Crippen LogP contribution in [0.15, 0.2) is 55.4 Å². The molecule has 0 aliphatic rings. The Bertz CT molecular complexity index is 1320. The first-order valence-electron chi connectivity index (χ1n) is 10.1. The first-order chi connectivity index (χ1) is 15.8. The average molecular weight is 455 g/mol. The van der Waals surface area contributed by atoms with Gasteiger partial charge in [-0.15, -0.1) is 0 Å². The van der Waals surface area contributed by atoms with Gasteiger partial charge in [0.1, 0.15) is 22.9 Å². The Morgan fingerprint density at radius 2 is 2.06 bits per heavy atom. The van der Waals surface area contributed by atoms with E-state index in [0.29, 0.717) is 27.8 Å². The number of aryl methyl sites for hydroxylation is 1. The molecule has 4 aromatic rings. The van der Waals surface area contributed by atoms with Gasteiger partial charge in [-0.25, -0.2) is 9.97 Å². The maximum atomic E-state index is 13.8. The van der Waals surface area contributed by atoms with Crippen molar-refractivity contribution in [3.63, 3.8) is 0 Å². The van der Waals surface area contributed by atoms with Crippen LogP contribution in [0, 0.1) is 0 Å². The molecule has 10 heteroatoms. The van der Waals surface area contributed by atoms with Crippen molar-refractivity contribution in [2.75, 3.05) is 11.9 Å². The van der Waals surface area contributed by atoms with E-state index < -0.39 is 11.9 Å². The summed E-state index contributed by atoms with van der Waals surface area (Å²) in [6, 6.07) is 8.41. The molecule has 3 aromatic heterocycles. The third-order valence-corrected chi connectivity index (χ3v) is 5.06. The lowest BCUT2D eigenvalue weighted by Gasteiger charge is -2.10. The molecule has 7 nitrogen and oxygen atoms in total. The summed E-state index contributed by atoms with van der Waals surface area (Å²) < 4.78 is 41.5. The highest BCUT2D eigenvalue weighted by Crippen LogP contribution is 2.41. The first-order valence-corrected chi connectivity index (χ1v) is 10.1. The van der Waals surface area contributed by atoms with Crippen molar-refractivity contribution in [1.82, 2.24) is 19.9 Å². The number of H-pyrrole nitrogens is 2. The van der Waals surface area contributed by atoms with Gasteiger partial charge in [0.05, 0.1) is 0 Å². The van der Waals surface area contributed by atoms with Crippen LogP contribution in [0.2, 0.25) is 0 Å². The fraction of sp³-hybridized carbons (Fsp3) is 0.174. The molecule has 0 spiro atoms. The van der Waals surface area contributed by atoms with Gasteiger partial charge in [0.2, 0.25) is 5.91 Å². The lowest BCUT2D eigenvalue weighted by Crippen LogP contribution is -2.08. The number of aliphatic hydroxyl groups is 1. The number of amides is 1. The van der Waals surface area contributed by atoms with Gasteiger partial charge in [-0.2, -0.15) is 13.2 Å². The zero-order valence-electron chi connectivity index (χ0n) is 17.3. The fourth-order valence-electron chi connectivity index (χ4n) is 3.63. The summed E-state index contributed by atoms with van der Waals surface area (Å²) in [5, 5.41) is 12.2. The van der Waals surface area contributed by atoms with E-state index in [0.717, 1.165) is 6.08 Å². The molecule has 33 heavy (non-hydrogen) atoms. The van der Waals surface area contributed by atoms with Crippen molar-refractivity contribution >= 4 is 22.6 Å². The van der Waals surface area contributed by atoms with Crippen LogP contribution in [0.3, 0.4) is 0 Å². The van der Waals surface area contributed by atoms with Crippen LogP contribution >= 0.6 is 0 Å². The summed E-state index contributed by atoms with van der Waals surface area (Å²) in [6.07, 6.45) is 0.0301. The van der Waals surface area contributed by atoms with Gasteiger partial charge in [0.15, 0.2) is 0 Å². The number of rotatable bonds is 7. The van der Waals surface area contributed by atoms with Gasteiger partial charge in [0.25, 0.3) is 0 Å². The minimum atomic E-state index is -4.65. The first kappa shape index (κ1) is 22.3. The number of alkyl halides is 3. The highest BCUT2D eigenvalue weighted by atomic mass is 19.4. The van der Waals surface area contributed by atoms with E-state index in [9.17, 15) is 18.0 Å². The highest BCUT2D eigenvalue weighted by Gasteiger charge is 2.37. The van der Waals surface area contributed by atoms with Crippen molar-refractivity contribution in [2.24, 2.45) is 0 Å². The van der Waals surface area contributed by atoms with Crippen LogP contribution in [-0.2, 0) is 17.4 Å². The predicted octanol–water partition coefficient (Wildman–Crippen LogP) is 4.69. The number of halogens is 3. The minimum Gasteiger partial charge on any atom is -0.396 e. The molecule has 0 saturated heterocycles. The summed E-state index contributed by atoms with van der Waals surface area (Å²) in [4.78, 5) is 25.5. The average Bonchev–Trinajstić information content (AvgIpc) is 3.42. The van der Waals surface area contributed by atoms with E-state index in [1.54, 1.807) is 30.5 Å². The number of carbonyl (C=O) groups is 1. The Balaban J connectivity index is 1.88. The Labute approximate surface area is 186 Å². The molecule has 3 heterocycles. The van der Waals surface area contributed by atoms with E-state index in [-0.39, 0.29) is 42.4 Å². The van der Waals surface area contributed by atoms with Crippen molar-refractivity contribution in [3.8, 4) is 22.4 Å². The number of fused-ring (bicyclic) bond motifs is 1. The molecule has 4 rings (SSSR count). The lowest BCUT2D eigenvalue weighted by molar-refractivity contribution is -0.140. The monoisotopic (exact) mass is 455 g/mol. The quantitative estimate of drug-likeness (QED) is 0.303. The zero-order chi connectivity index (χ0) is 23.6. The van der Waals surface area contributed by atoms with Gasteiger partial charge in [-0.05, 0) is 36.3 Å². The number of hydrogen-bond acceptors (Lipinski definition) is 4. The maximum absolute atomic E-state index is 13.8. The number of nitrogens with zero attached hydrogens (tertiary/aromatic N) is 2. The van der Waals surface area contributed by atoms with Gasteiger partial charge in [0, 0.05) is 47.6 Å². The number of aromatic amines is 2. The molecule has 0 saturated carbocycles. The molecule has 1 aromatic carbocycles. The van der Waals surface area contributed by atoms with Gasteiger partial charge >= 0.3 is 6.18 Å². The van der Waals surface area contributed by atoms with E-state index in [1.807, 2.05) is 0 Å². The van der Waals surface area contributed by atoms with Crippen molar-refractivity contribution in [1.29, 1.82) is 0 Å². The summed E-state index contributed by atoms with van der Waals surface area (Å²) in [6.45, 7) is 3.27. The highest BCUT2D eigenvalue weighted by molar-refractivity contribution is 6.05. The molecular weight excluding hydrogens is 435 g/mol. The van der Waals surface area contributed by atoms with Crippen LogP contribution in [-0.4, -0.2) is 37.6 Å². The van der Waals surface area contributed by atoms with Crippen LogP contribution in [0.5, 0.6) is 0 Å². The van der Waals surface area contributed by atoms with Crippen LogP contribution in [0.1, 0.15) is 17.9 Å². The third kappa shape index (κ3) is 4.51. The molecule has 0 fully saturated rings. The zero-order valence-corrected chi connectivity index (χ0v) is 17.3. The van der Waals surface area contributed by atoms with Crippen molar-refractivity contribution < 1.29 is 23.1 Å². The van der Waals surface area contributed by atoms with Crippen LogP contribution in [0.25, 0.3) is 33.4 Å². The molecule has 0 unspecified atom stereocenters. The summed E-state index contributed by atoms with van der Waals surface area (Å²) in [5.74, 6) is -0.238. The predicted molar refractivity (Wildman–Crippen MR) is 118 cm³/mol. The number of aliphatic hydroxyl groups excluding tert-OH is 1. The smallest absolute Gasteiger partial charge is 0.396 e. The number of pyridine rings is 1. The fourth-order valence-corrected chi connectivity index (χ4v) is 3.63. The Morgan fingerprint density at radius 3 is 2.79 bits per heavy atom. The lowest BCUT2D eigenvalue weighted by atomic mass is 9.99. The van der Waals surface area contributed by atoms with E-state index in [2.05, 4.69) is 31.8 Å². The summed E-state index contributed by atoms with van der Waals surface area (Å²) in [7, 11) is 0. The SMILES string of the molecule is C=CC(=O)Nc1cccc(-c2c[nH]c3nccc(-c4nc(CCCO)[nH]c4C(F)(F)F)c23)c1. The van der Waals surface area contributed by atoms with Gasteiger partial charge in [-0.3, -0.25) is 4.79 Å². The maximum Gasteiger partial charge on any atom is 0.433 e. The molecule has 170 valence electrons. The molecule has 4 N–H and O–H groups in total. The second kappa shape index (κ2) is 8.91. The summed E-state index contributed by atoms with van der Waals surface area (Å²) >= 11 is 0. The number of nitrogens with one attached hydrogen (secondary N) is 3. The molecule has 1 amide bonds. The van der Waals surface area contributed by atoms with Gasteiger partial charge in [-0.1, -0.05) is 18.7 Å². The normalized spacial score (nSPS) is 11.6. The molecule has 0 aliphatic heterocycles. The number of carbonyl (C=O) groups excluding carboxylic acids is 1. The Hall–Kier alpha value is -3.92. The second-order valence-corrected chi connectivity index (χ2v) is 7.29. The Kier molecular flexibility index (Phi) is 6.01. The molecule has 0 radical (unpaired) electrons. The van der Waals surface area contributed by atoms with Crippen molar-refractivity contribution in [2.45, 2.75) is 19.0 Å². The van der Waals surface area contributed by atoms with Crippen LogP contribution in [0.4, 0.5) is 18.9 Å². The number of aromatic nitrogens is 4. The molecular formula is C23H20F3N5O2. The van der Waals surface area contributed by atoms with E-state index >= 15 is 0 Å². The van der Waals surface area contributed by atoms with Gasteiger partial charge < -0.3 is 20.4 Å². The second-order valence-electron chi connectivity index (χ2n) is 7.29. The standard InChI is InChI=1S/C23H20F3N5O2/c1-2-18(33)29-14-6-3-5-13(11-14)16-12-28-22-19(16)15(8-9-27-22)20-21(23(24,25)26)31-17(30-20)7-4-10-32/h2-3,5-6,8-9,11-12,32H,1,4,7,10H2,(H,27,28)(H,29,33)(H,30,31). The van der Waals surface area contributed by atoms with Crippen molar-refractivity contribution in [3.05, 3.63) is 66.9 Å². The van der Waals surface area contributed by atoms with Crippen LogP contribution < -0.4 is 5.32 Å². The number of hydrogen-bond donors (Lipinski definition) is 4. The number of benzene rings is 1. The molecule has 0 bridgehead atoms. The largest absolute Gasteiger partial charge is 0.433 e. The Morgan fingerprint density at radius 1 is 1.24 bits per heavy atom. The van der Waals surface area contributed by atoms with E-state index in [4.69, 9.17) is 5.11 Å². The number of imidazole rings is 1.